The molecule has 2 nitrogen and oxygen atoms in total. The number of benzene rings is 1. The first-order valence-corrected chi connectivity index (χ1v) is 5.69. The van der Waals surface area contributed by atoms with Crippen molar-refractivity contribution < 1.29 is 4.79 Å². The largest absolute Gasteiger partial charge is 0.289 e. The molecule has 0 aliphatic rings. The molecular weight excluding hydrogens is 266 g/mol. The van der Waals surface area contributed by atoms with Crippen LogP contribution >= 0.6 is 15.9 Å². The highest BCUT2D eigenvalue weighted by Gasteiger charge is 2.12. The zero-order valence-corrected chi connectivity index (χ0v) is 10.4. The normalized spacial score (nSPS) is 10.1. The Balaban J connectivity index is 2.44. The Morgan fingerprint density at radius 1 is 1.25 bits per heavy atom. The molecule has 0 aliphatic carbocycles. The SMILES string of the molecule is Cc1cccc(C(=O)c2cccnc2Br)c1. The predicted molar refractivity (Wildman–Crippen MR) is 66.5 cm³/mol. The maximum Gasteiger partial charge on any atom is 0.195 e. The van der Waals surface area contributed by atoms with Gasteiger partial charge in [0.05, 0.1) is 5.56 Å². The van der Waals surface area contributed by atoms with E-state index in [4.69, 9.17) is 0 Å². The first kappa shape index (κ1) is 11.0. The van der Waals surface area contributed by atoms with Crippen LogP contribution in [0.5, 0.6) is 0 Å². The topological polar surface area (TPSA) is 30.0 Å². The van der Waals surface area contributed by atoms with Crippen LogP contribution in [0.2, 0.25) is 0 Å². The summed E-state index contributed by atoms with van der Waals surface area (Å²) in [5, 5.41) is 0. The molecule has 0 unspecified atom stereocenters. The van der Waals surface area contributed by atoms with Gasteiger partial charge in [-0.05, 0) is 41.1 Å². The number of carbonyl (C=O) groups is 1. The van der Waals surface area contributed by atoms with Gasteiger partial charge in [-0.3, -0.25) is 4.79 Å². The first-order valence-electron chi connectivity index (χ1n) is 4.90. The van der Waals surface area contributed by atoms with E-state index >= 15 is 0 Å². The standard InChI is InChI=1S/C13H10BrNO/c1-9-4-2-5-10(8-9)12(16)11-6-3-7-15-13(11)14/h2-8H,1H3. The van der Waals surface area contributed by atoms with Gasteiger partial charge in [0.2, 0.25) is 0 Å². The van der Waals surface area contributed by atoms with Crippen LogP contribution in [0, 0.1) is 6.92 Å². The number of hydrogen-bond donors (Lipinski definition) is 0. The summed E-state index contributed by atoms with van der Waals surface area (Å²) in [7, 11) is 0. The molecule has 0 radical (unpaired) electrons. The molecule has 80 valence electrons. The van der Waals surface area contributed by atoms with Crippen molar-refractivity contribution in [3.63, 3.8) is 0 Å². The Morgan fingerprint density at radius 3 is 2.75 bits per heavy atom. The van der Waals surface area contributed by atoms with Crippen LogP contribution in [0.1, 0.15) is 21.5 Å². The Bertz CT molecular complexity index is 537. The van der Waals surface area contributed by atoms with Gasteiger partial charge in [-0.25, -0.2) is 4.98 Å². The summed E-state index contributed by atoms with van der Waals surface area (Å²) >= 11 is 3.28. The Hall–Kier alpha value is -1.48. The molecule has 1 aromatic heterocycles. The molecule has 0 saturated carbocycles. The number of pyridine rings is 1. The van der Waals surface area contributed by atoms with Crippen molar-refractivity contribution in [1.29, 1.82) is 0 Å². The quantitative estimate of drug-likeness (QED) is 0.621. The Morgan fingerprint density at radius 2 is 2.06 bits per heavy atom. The van der Waals surface area contributed by atoms with Crippen molar-refractivity contribution >= 4 is 21.7 Å². The van der Waals surface area contributed by atoms with Crippen LogP contribution in [0.3, 0.4) is 0 Å². The fourth-order valence-electron chi connectivity index (χ4n) is 1.50. The molecule has 0 atom stereocenters. The van der Waals surface area contributed by atoms with E-state index < -0.39 is 0 Å². The van der Waals surface area contributed by atoms with Crippen LogP contribution in [-0.2, 0) is 0 Å². The van der Waals surface area contributed by atoms with E-state index in [1.807, 2.05) is 31.2 Å². The third-order valence-electron chi connectivity index (χ3n) is 2.28. The van der Waals surface area contributed by atoms with Crippen LogP contribution in [-0.4, -0.2) is 10.8 Å². The van der Waals surface area contributed by atoms with E-state index in [-0.39, 0.29) is 5.78 Å². The Labute approximate surface area is 102 Å². The summed E-state index contributed by atoms with van der Waals surface area (Å²) in [6.45, 7) is 1.97. The van der Waals surface area contributed by atoms with E-state index in [1.165, 1.54) is 0 Å². The van der Waals surface area contributed by atoms with E-state index in [1.54, 1.807) is 18.3 Å². The number of halogens is 1. The van der Waals surface area contributed by atoms with Crippen molar-refractivity contribution in [1.82, 2.24) is 4.98 Å². The van der Waals surface area contributed by atoms with Gasteiger partial charge >= 0.3 is 0 Å². The van der Waals surface area contributed by atoms with Gasteiger partial charge in [0.25, 0.3) is 0 Å². The van der Waals surface area contributed by atoms with Gasteiger partial charge in [-0.15, -0.1) is 0 Å². The van der Waals surface area contributed by atoms with Crippen LogP contribution in [0.15, 0.2) is 47.2 Å². The summed E-state index contributed by atoms with van der Waals surface area (Å²) in [5.41, 5.74) is 2.35. The lowest BCUT2D eigenvalue weighted by molar-refractivity contribution is 0.103. The van der Waals surface area contributed by atoms with Gasteiger partial charge < -0.3 is 0 Å². The molecular formula is C13H10BrNO. The maximum absolute atomic E-state index is 12.1. The minimum absolute atomic E-state index is 0.0105. The highest BCUT2D eigenvalue weighted by molar-refractivity contribution is 9.10. The fraction of sp³-hybridized carbons (Fsp3) is 0.0769. The van der Waals surface area contributed by atoms with E-state index in [2.05, 4.69) is 20.9 Å². The summed E-state index contributed by atoms with van der Waals surface area (Å²) in [6, 6.07) is 11.1. The molecule has 1 heterocycles. The average Bonchev–Trinajstić information content (AvgIpc) is 2.29. The second-order valence-corrected chi connectivity index (χ2v) is 4.29. The number of carbonyl (C=O) groups excluding carboxylic acids is 1. The molecule has 0 fully saturated rings. The molecule has 0 aliphatic heterocycles. The Kier molecular flexibility index (Phi) is 3.15. The molecule has 3 heteroatoms. The monoisotopic (exact) mass is 275 g/mol. The number of ketones is 1. The number of hydrogen-bond acceptors (Lipinski definition) is 2. The lowest BCUT2D eigenvalue weighted by Crippen LogP contribution is -2.03. The molecule has 2 rings (SSSR count). The van der Waals surface area contributed by atoms with Gasteiger partial charge in [0, 0.05) is 11.8 Å². The maximum atomic E-state index is 12.1. The van der Waals surface area contributed by atoms with Crippen molar-refractivity contribution in [3.05, 3.63) is 63.9 Å². The zero-order chi connectivity index (χ0) is 11.5. The number of rotatable bonds is 2. The fourth-order valence-corrected chi connectivity index (χ4v) is 1.93. The highest BCUT2D eigenvalue weighted by atomic mass is 79.9. The lowest BCUT2D eigenvalue weighted by Gasteiger charge is -2.03. The van der Waals surface area contributed by atoms with Crippen LogP contribution < -0.4 is 0 Å². The smallest absolute Gasteiger partial charge is 0.195 e. The molecule has 0 N–H and O–H groups in total. The zero-order valence-electron chi connectivity index (χ0n) is 8.77. The van der Waals surface area contributed by atoms with E-state index in [0.717, 1.165) is 5.56 Å². The molecule has 0 saturated heterocycles. The summed E-state index contributed by atoms with van der Waals surface area (Å²) < 4.78 is 0.585. The number of aryl methyl sites for hydroxylation is 1. The summed E-state index contributed by atoms with van der Waals surface area (Å²) in [4.78, 5) is 16.2. The van der Waals surface area contributed by atoms with Gasteiger partial charge in [0.15, 0.2) is 5.78 Å². The van der Waals surface area contributed by atoms with Crippen LogP contribution in [0.25, 0.3) is 0 Å². The number of nitrogens with zero attached hydrogens (tertiary/aromatic N) is 1. The van der Waals surface area contributed by atoms with Crippen molar-refractivity contribution in [2.75, 3.05) is 0 Å². The third kappa shape index (κ3) is 2.19. The molecule has 0 amide bonds. The lowest BCUT2D eigenvalue weighted by atomic mass is 10.0. The van der Waals surface area contributed by atoms with Crippen molar-refractivity contribution in [3.8, 4) is 0 Å². The second kappa shape index (κ2) is 4.58. The minimum atomic E-state index is -0.0105. The molecule has 2 aromatic rings. The molecule has 0 bridgehead atoms. The molecule has 1 aromatic carbocycles. The van der Waals surface area contributed by atoms with Crippen molar-refractivity contribution in [2.24, 2.45) is 0 Å². The van der Waals surface area contributed by atoms with Gasteiger partial charge in [-0.1, -0.05) is 23.8 Å². The predicted octanol–water partition coefficient (Wildman–Crippen LogP) is 3.38. The molecule has 16 heavy (non-hydrogen) atoms. The summed E-state index contributed by atoms with van der Waals surface area (Å²) in [5.74, 6) is -0.0105. The van der Waals surface area contributed by atoms with Gasteiger partial charge in [-0.2, -0.15) is 0 Å². The summed E-state index contributed by atoms with van der Waals surface area (Å²) in [6.07, 6.45) is 1.65. The van der Waals surface area contributed by atoms with Crippen molar-refractivity contribution in [2.45, 2.75) is 6.92 Å². The van der Waals surface area contributed by atoms with Crippen LogP contribution in [0.4, 0.5) is 0 Å². The third-order valence-corrected chi connectivity index (χ3v) is 2.92. The van der Waals surface area contributed by atoms with E-state index in [9.17, 15) is 4.79 Å². The molecule has 0 spiro atoms. The first-order chi connectivity index (χ1) is 7.68. The number of aromatic nitrogens is 1. The van der Waals surface area contributed by atoms with E-state index in [0.29, 0.717) is 15.7 Å². The minimum Gasteiger partial charge on any atom is -0.289 e. The van der Waals surface area contributed by atoms with Gasteiger partial charge in [0.1, 0.15) is 4.60 Å². The average molecular weight is 276 g/mol. The second-order valence-electron chi connectivity index (χ2n) is 3.54. The highest BCUT2D eigenvalue weighted by Crippen LogP contribution is 2.17.